The highest BCUT2D eigenvalue weighted by molar-refractivity contribution is 5.84. The topological polar surface area (TPSA) is 109 Å². The van der Waals surface area contributed by atoms with Gasteiger partial charge in [0.25, 0.3) is 5.88 Å². The maximum absolute atomic E-state index is 11.4. The van der Waals surface area contributed by atoms with Crippen molar-refractivity contribution in [1.29, 1.82) is 0 Å². The van der Waals surface area contributed by atoms with Crippen molar-refractivity contribution in [2.75, 3.05) is 26.1 Å². The first-order chi connectivity index (χ1) is 13.2. The largest absolute Gasteiger partial charge is 0.491 e. The number of carbonyl (C=O) groups is 1. The van der Waals surface area contributed by atoms with Crippen LogP contribution in [0.15, 0.2) is 30.6 Å². The van der Waals surface area contributed by atoms with Gasteiger partial charge in [0.1, 0.15) is 12.4 Å². The van der Waals surface area contributed by atoms with Gasteiger partial charge < -0.3 is 19.9 Å². The van der Waals surface area contributed by atoms with Crippen molar-refractivity contribution in [1.82, 2.24) is 9.97 Å². The van der Waals surface area contributed by atoms with Crippen molar-refractivity contribution < 1.29 is 19.0 Å². The number of aromatic nitrogens is 2. The van der Waals surface area contributed by atoms with Gasteiger partial charge in [-0.2, -0.15) is 0 Å². The fourth-order valence-corrected chi connectivity index (χ4v) is 2.90. The second-order valence-corrected chi connectivity index (χ2v) is 7.32. The fourth-order valence-electron chi connectivity index (χ4n) is 2.90. The minimum Gasteiger partial charge on any atom is -0.491 e. The zero-order valence-electron chi connectivity index (χ0n) is 17.0. The van der Waals surface area contributed by atoms with Crippen LogP contribution in [0.1, 0.15) is 27.2 Å². The second-order valence-electron chi connectivity index (χ2n) is 7.32. The molecule has 28 heavy (non-hydrogen) atoms. The number of rotatable bonds is 8. The maximum atomic E-state index is 11.4. The van der Waals surface area contributed by atoms with Gasteiger partial charge in [-0.1, -0.05) is 13.8 Å². The summed E-state index contributed by atoms with van der Waals surface area (Å²) >= 11 is 0. The Balaban J connectivity index is 2.19. The van der Waals surface area contributed by atoms with Gasteiger partial charge >= 0.3 is 6.09 Å². The predicted octanol–water partition coefficient (Wildman–Crippen LogP) is 3.47. The van der Waals surface area contributed by atoms with E-state index in [-0.39, 0.29) is 0 Å². The Kier molecular flexibility index (Phi) is 7.17. The lowest BCUT2D eigenvalue weighted by Gasteiger charge is -2.26. The normalized spacial score (nSPS) is 13.0. The Morgan fingerprint density at radius 1 is 1.25 bits per heavy atom. The van der Waals surface area contributed by atoms with Crippen LogP contribution in [0, 0.1) is 5.92 Å². The number of anilines is 1. The molecule has 0 aliphatic heterocycles. The molecule has 3 N–H and O–H groups in total. The third-order valence-corrected chi connectivity index (χ3v) is 3.96. The number of hydrogen-bond donors (Lipinski definition) is 2. The molecule has 0 radical (unpaired) electrons. The molecular weight excluding hydrogens is 360 g/mol. The number of nitrogens with one attached hydrogen (secondary N) is 1. The van der Waals surface area contributed by atoms with Crippen molar-refractivity contribution in [3.05, 3.63) is 30.6 Å². The van der Waals surface area contributed by atoms with Crippen LogP contribution in [0.25, 0.3) is 11.1 Å². The number of ether oxygens (including phenoxy) is 3. The molecule has 2 aromatic rings. The highest BCUT2D eigenvalue weighted by atomic mass is 16.5. The van der Waals surface area contributed by atoms with Crippen LogP contribution in [-0.4, -0.2) is 42.4 Å². The van der Waals surface area contributed by atoms with Crippen molar-refractivity contribution in [3.63, 3.8) is 0 Å². The first-order valence-corrected chi connectivity index (χ1v) is 9.01. The van der Waals surface area contributed by atoms with Gasteiger partial charge in [0.05, 0.1) is 14.2 Å². The van der Waals surface area contributed by atoms with Crippen molar-refractivity contribution in [2.45, 2.75) is 32.7 Å². The molecule has 2 aromatic heterocycles. The summed E-state index contributed by atoms with van der Waals surface area (Å²) < 4.78 is 15.8. The van der Waals surface area contributed by atoms with Crippen molar-refractivity contribution >= 4 is 11.9 Å². The van der Waals surface area contributed by atoms with Gasteiger partial charge in [-0.15, -0.1) is 0 Å². The van der Waals surface area contributed by atoms with Gasteiger partial charge in [-0.05, 0) is 43.0 Å². The Morgan fingerprint density at radius 2 is 2.00 bits per heavy atom. The molecule has 2 heterocycles. The van der Waals surface area contributed by atoms with E-state index in [4.69, 9.17) is 15.2 Å². The molecule has 0 saturated carbocycles. The molecule has 0 saturated heterocycles. The standard InChI is InChI=1S/C20H28N4O4/c1-13(2)10-20(3,21)12-28-18-16(26-4)8-15(11-23-18)14-6-7-22-17(9-14)24-19(25)27-5/h6-9,11,13H,10,12,21H2,1-5H3,(H,22,24,25). The zero-order chi connectivity index (χ0) is 20.7. The Hall–Kier alpha value is -2.87. The molecule has 0 fully saturated rings. The number of methoxy groups -OCH3 is 2. The summed E-state index contributed by atoms with van der Waals surface area (Å²) in [6.45, 7) is 6.53. The van der Waals surface area contributed by atoms with Crippen LogP contribution in [0.5, 0.6) is 11.6 Å². The lowest BCUT2D eigenvalue weighted by molar-refractivity contribution is 0.187. The summed E-state index contributed by atoms with van der Waals surface area (Å²) in [6.07, 6.45) is 3.50. The smallest absolute Gasteiger partial charge is 0.412 e. The highest BCUT2D eigenvalue weighted by Crippen LogP contribution is 2.31. The molecule has 1 unspecified atom stereocenters. The lowest BCUT2D eigenvalue weighted by atomic mass is 9.93. The Morgan fingerprint density at radius 3 is 2.64 bits per heavy atom. The number of pyridine rings is 2. The SMILES string of the molecule is COC(=O)Nc1cc(-c2cnc(OCC(C)(N)CC(C)C)c(OC)c2)ccn1. The summed E-state index contributed by atoms with van der Waals surface area (Å²) in [5.74, 6) is 1.72. The van der Waals surface area contributed by atoms with Crippen LogP contribution in [-0.2, 0) is 4.74 Å². The molecule has 0 aromatic carbocycles. The summed E-state index contributed by atoms with van der Waals surface area (Å²) in [5, 5.41) is 2.53. The van der Waals surface area contributed by atoms with Crippen LogP contribution < -0.4 is 20.5 Å². The molecule has 8 nitrogen and oxygen atoms in total. The lowest BCUT2D eigenvalue weighted by Crippen LogP contribution is -2.43. The number of nitrogens with zero attached hydrogens (tertiary/aromatic N) is 2. The van der Waals surface area contributed by atoms with E-state index >= 15 is 0 Å². The van der Waals surface area contributed by atoms with E-state index in [1.165, 1.54) is 7.11 Å². The molecular formula is C20H28N4O4. The van der Waals surface area contributed by atoms with E-state index in [1.54, 1.807) is 31.6 Å². The minimum atomic E-state index is -0.588. The van der Waals surface area contributed by atoms with E-state index in [0.29, 0.717) is 30.0 Å². The van der Waals surface area contributed by atoms with E-state index < -0.39 is 11.6 Å². The second kappa shape index (κ2) is 9.36. The van der Waals surface area contributed by atoms with Gasteiger partial charge in [0.15, 0.2) is 5.75 Å². The summed E-state index contributed by atoms with van der Waals surface area (Å²) in [5.41, 5.74) is 7.44. The Labute approximate surface area is 165 Å². The van der Waals surface area contributed by atoms with Crippen LogP contribution in [0.3, 0.4) is 0 Å². The maximum Gasteiger partial charge on any atom is 0.412 e. The van der Waals surface area contributed by atoms with Gasteiger partial charge in [0, 0.05) is 23.5 Å². The van der Waals surface area contributed by atoms with Crippen molar-refractivity contribution in [2.24, 2.45) is 11.7 Å². The molecule has 1 amide bonds. The number of hydrogen-bond acceptors (Lipinski definition) is 7. The number of amides is 1. The van der Waals surface area contributed by atoms with Crippen LogP contribution in [0.4, 0.5) is 10.6 Å². The average molecular weight is 388 g/mol. The number of nitrogens with two attached hydrogens (primary N) is 1. The summed E-state index contributed by atoms with van der Waals surface area (Å²) in [4.78, 5) is 19.8. The third-order valence-electron chi connectivity index (χ3n) is 3.96. The molecule has 1 atom stereocenters. The first-order valence-electron chi connectivity index (χ1n) is 9.01. The van der Waals surface area contributed by atoms with Crippen LogP contribution >= 0.6 is 0 Å². The van der Waals surface area contributed by atoms with E-state index in [1.807, 2.05) is 13.0 Å². The molecule has 0 bridgehead atoms. The quantitative estimate of drug-likeness (QED) is 0.712. The summed E-state index contributed by atoms with van der Waals surface area (Å²) in [7, 11) is 2.85. The number of carbonyl (C=O) groups excluding carboxylic acids is 1. The average Bonchev–Trinajstić information content (AvgIpc) is 2.65. The van der Waals surface area contributed by atoms with Crippen molar-refractivity contribution in [3.8, 4) is 22.8 Å². The van der Waals surface area contributed by atoms with E-state index in [2.05, 4.69) is 33.9 Å². The van der Waals surface area contributed by atoms with Gasteiger partial charge in [-0.25, -0.2) is 14.8 Å². The predicted molar refractivity (Wildman–Crippen MR) is 108 cm³/mol. The van der Waals surface area contributed by atoms with Crippen LogP contribution in [0.2, 0.25) is 0 Å². The molecule has 0 aliphatic rings. The molecule has 0 spiro atoms. The molecule has 0 aliphatic carbocycles. The summed E-state index contributed by atoms with van der Waals surface area (Å²) in [6, 6.07) is 5.34. The molecule has 8 heteroatoms. The minimum absolute atomic E-state index is 0.330. The van der Waals surface area contributed by atoms with E-state index in [9.17, 15) is 4.79 Å². The van der Waals surface area contributed by atoms with Gasteiger partial charge in [0.2, 0.25) is 0 Å². The monoisotopic (exact) mass is 388 g/mol. The molecule has 2 rings (SSSR count). The third kappa shape index (κ3) is 6.09. The molecule has 152 valence electrons. The van der Waals surface area contributed by atoms with E-state index in [0.717, 1.165) is 17.5 Å². The fraction of sp³-hybridized carbons (Fsp3) is 0.450. The first kappa shape index (κ1) is 21.4. The Bertz CT molecular complexity index is 809. The van der Waals surface area contributed by atoms with Gasteiger partial charge in [-0.3, -0.25) is 5.32 Å². The zero-order valence-corrected chi connectivity index (χ0v) is 17.0. The highest BCUT2D eigenvalue weighted by Gasteiger charge is 2.22.